The molecule has 0 saturated carbocycles. The quantitative estimate of drug-likeness (QED) is 0.823. The summed E-state index contributed by atoms with van der Waals surface area (Å²) in [6, 6.07) is 5.78. The van der Waals surface area contributed by atoms with Gasteiger partial charge >= 0.3 is 0 Å². The van der Waals surface area contributed by atoms with Gasteiger partial charge in [-0.2, -0.15) is 0 Å². The highest BCUT2D eigenvalue weighted by atomic mass is 16.7. The molecule has 112 valence electrons. The Kier molecular flexibility index (Phi) is 3.96. The molecule has 1 N–H and O–H groups in total. The van der Waals surface area contributed by atoms with Crippen LogP contribution in [0.15, 0.2) is 30.6 Å². The van der Waals surface area contributed by atoms with Crippen molar-refractivity contribution in [3.8, 4) is 17.2 Å². The summed E-state index contributed by atoms with van der Waals surface area (Å²) < 4.78 is 18.3. The number of benzene rings is 1. The SMILES string of the molecule is CC(NCCOc1ccc2c(c1)OCO2)c1nccn1C. The van der Waals surface area contributed by atoms with Gasteiger partial charge in [0.15, 0.2) is 11.5 Å². The number of rotatable bonds is 6. The highest BCUT2D eigenvalue weighted by molar-refractivity contribution is 5.46. The number of nitrogens with zero attached hydrogens (tertiary/aromatic N) is 2. The summed E-state index contributed by atoms with van der Waals surface area (Å²) in [7, 11) is 1.99. The van der Waals surface area contributed by atoms with Crippen LogP contribution in [0.2, 0.25) is 0 Å². The largest absolute Gasteiger partial charge is 0.492 e. The normalized spacial score (nSPS) is 14.2. The van der Waals surface area contributed by atoms with E-state index in [1.807, 2.05) is 36.0 Å². The van der Waals surface area contributed by atoms with Crippen molar-refractivity contribution < 1.29 is 14.2 Å². The summed E-state index contributed by atoms with van der Waals surface area (Å²) in [5.74, 6) is 3.30. The lowest BCUT2D eigenvalue weighted by molar-refractivity contribution is 0.173. The van der Waals surface area contributed by atoms with Crippen LogP contribution in [0.1, 0.15) is 18.8 Å². The van der Waals surface area contributed by atoms with Crippen LogP contribution in [0.4, 0.5) is 0 Å². The molecule has 6 heteroatoms. The first-order valence-corrected chi connectivity index (χ1v) is 6.97. The maximum absolute atomic E-state index is 5.70. The van der Waals surface area contributed by atoms with Crippen molar-refractivity contribution in [1.82, 2.24) is 14.9 Å². The first-order chi connectivity index (χ1) is 10.2. The number of hydrogen-bond acceptors (Lipinski definition) is 5. The molecule has 0 amide bonds. The summed E-state index contributed by atoms with van der Waals surface area (Å²) in [6.07, 6.45) is 3.74. The van der Waals surface area contributed by atoms with Gasteiger partial charge in [0.2, 0.25) is 6.79 Å². The molecule has 0 fully saturated rings. The second-order valence-electron chi connectivity index (χ2n) is 4.94. The lowest BCUT2D eigenvalue weighted by Gasteiger charge is -2.14. The fraction of sp³-hybridized carbons (Fsp3) is 0.400. The summed E-state index contributed by atoms with van der Waals surface area (Å²) in [4.78, 5) is 4.32. The fourth-order valence-electron chi connectivity index (χ4n) is 2.30. The molecule has 1 unspecified atom stereocenters. The predicted octanol–water partition coefficient (Wildman–Crippen LogP) is 1.88. The van der Waals surface area contributed by atoms with Crippen LogP contribution in [0.3, 0.4) is 0 Å². The first kappa shape index (κ1) is 13.8. The third-order valence-electron chi connectivity index (χ3n) is 3.41. The van der Waals surface area contributed by atoms with E-state index in [-0.39, 0.29) is 12.8 Å². The number of fused-ring (bicyclic) bond motifs is 1. The Balaban J connectivity index is 1.45. The topological polar surface area (TPSA) is 57.5 Å². The van der Waals surface area contributed by atoms with E-state index in [9.17, 15) is 0 Å². The molecule has 1 aromatic heterocycles. The summed E-state index contributed by atoms with van der Waals surface area (Å²) in [6.45, 7) is 3.68. The third kappa shape index (κ3) is 3.11. The monoisotopic (exact) mass is 289 g/mol. The number of nitrogens with one attached hydrogen (secondary N) is 1. The van der Waals surface area contributed by atoms with Crippen LogP contribution in [0, 0.1) is 0 Å². The molecule has 2 heterocycles. The maximum atomic E-state index is 5.70. The van der Waals surface area contributed by atoms with Crippen LogP contribution in [0.25, 0.3) is 0 Å². The second kappa shape index (κ2) is 6.05. The van der Waals surface area contributed by atoms with Gasteiger partial charge in [-0.3, -0.25) is 0 Å². The number of aryl methyl sites for hydroxylation is 1. The van der Waals surface area contributed by atoms with E-state index in [0.29, 0.717) is 6.61 Å². The average molecular weight is 289 g/mol. The Hall–Kier alpha value is -2.21. The molecule has 0 aliphatic carbocycles. The standard InChI is InChI=1S/C15H19N3O3/c1-11(15-17-5-7-18(15)2)16-6-8-19-12-3-4-13-14(9-12)21-10-20-13/h3-5,7,9,11,16H,6,8,10H2,1-2H3. The minimum atomic E-state index is 0.186. The Bertz CT molecular complexity index is 612. The van der Waals surface area contributed by atoms with Gasteiger partial charge in [-0.25, -0.2) is 4.98 Å². The van der Waals surface area contributed by atoms with Crippen LogP contribution in [0.5, 0.6) is 17.2 Å². The highest BCUT2D eigenvalue weighted by Crippen LogP contribution is 2.34. The van der Waals surface area contributed by atoms with Crippen LogP contribution >= 0.6 is 0 Å². The van der Waals surface area contributed by atoms with Crippen molar-refractivity contribution in [3.05, 3.63) is 36.4 Å². The van der Waals surface area contributed by atoms with Crippen LogP contribution < -0.4 is 19.5 Å². The molecule has 1 aliphatic rings. The Morgan fingerprint density at radius 2 is 2.24 bits per heavy atom. The van der Waals surface area contributed by atoms with Crippen molar-refractivity contribution in [2.45, 2.75) is 13.0 Å². The number of imidazole rings is 1. The predicted molar refractivity (Wildman–Crippen MR) is 77.7 cm³/mol. The fourth-order valence-corrected chi connectivity index (χ4v) is 2.30. The minimum Gasteiger partial charge on any atom is -0.492 e. The van der Waals surface area contributed by atoms with Gasteiger partial charge in [0, 0.05) is 32.1 Å². The molecular formula is C15H19N3O3. The zero-order valence-electron chi connectivity index (χ0n) is 12.2. The van der Waals surface area contributed by atoms with Crippen LogP contribution in [-0.2, 0) is 7.05 Å². The molecule has 1 atom stereocenters. The highest BCUT2D eigenvalue weighted by Gasteiger charge is 2.14. The first-order valence-electron chi connectivity index (χ1n) is 6.97. The second-order valence-corrected chi connectivity index (χ2v) is 4.94. The van der Waals surface area contributed by atoms with E-state index >= 15 is 0 Å². The van der Waals surface area contributed by atoms with Crippen molar-refractivity contribution in [2.75, 3.05) is 19.9 Å². The number of hydrogen-bond donors (Lipinski definition) is 1. The number of aromatic nitrogens is 2. The molecule has 0 radical (unpaired) electrons. The minimum absolute atomic E-state index is 0.186. The summed E-state index contributed by atoms with van der Waals surface area (Å²) in [5.41, 5.74) is 0. The van der Waals surface area contributed by atoms with Gasteiger partial charge in [-0.1, -0.05) is 0 Å². The zero-order valence-corrected chi connectivity index (χ0v) is 12.2. The number of ether oxygens (including phenoxy) is 3. The summed E-state index contributed by atoms with van der Waals surface area (Å²) in [5, 5.41) is 3.38. The maximum Gasteiger partial charge on any atom is 0.231 e. The van der Waals surface area contributed by atoms with Gasteiger partial charge in [0.25, 0.3) is 0 Å². The molecule has 1 aromatic carbocycles. The van der Waals surface area contributed by atoms with E-state index in [2.05, 4.69) is 17.2 Å². The molecule has 0 saturated heterocycles. The van der Waals surface area contributed by atoms with Gasteiger partial charge in [0.05, 0.1) is 6.04 Å². The molecular weight excluding hydrogens is 270 g/mol. The lowest BCUT2D eigenvalue weighted by atomic mass is 10.3. The smallest absolute Gasteiger partial charge is 0.231 e. The van der Waals surface area contributed by atoms with Crippen molar-refractivity contribution in [1.29, 1.82) is 0 Å². The molecule has 21 heavy (non-hydrogen) atoms. The molecule has 3 rings (SSSR count). The van der Waals surface area contributed by atoms with E-state index in [4.69, 9.17) is 14.2 Å². The van der Waals surface area contributed by atoms with E-state index in [1.165, 1.54) is 0 Å². The summed E-state index contributed by atoms with van der Waals surface area (Å²) >= 11 is 0. The van der Waals surface area contributed by atoms with Gasteiger partial charge < -0.3 is 24.1 Å². The molecule has 1 aliphatic heterocycles. The van der Waals surface area contributed by atoms with Crippen molar-refractivity contribution in [3.63, 3.8) is 0 Å². The molecule has 6 nitrogen and oxygen atoms in total. The Morgan fingerprint density at radius 3 is 3.05 bits per heavy atom. The zero-order chi connectivity index (χ0) is 14.7. The Morgan fingerprint density at radius 1 is 1.38 bits per heavy atom. The Labute approximate surface area is 123 Å². The van der Waals surface area contributed by atoms with Gasteiger partial charge in [-0.05, 0) is 19.1 Å². The van der Waals surface area contributed by atoms with Crippen LogP contribution in [-0.4, -0.2) is 29.5 Å². The van der Waals surface area contributed by atoms with Crippen molar-refractivity contribution >= 4 is 0 Å². The lowest BCUT2D eigenvalue weighted by Crippen LogP contribution is -2.26. The van der Waals surface area contributed by atoms with E-state index < -0.39 is 0 Å². The van der Waals surface area contributed by atoms with E-state index in [1.54, 1.807) is 6.20 Å². The average Bonchev–Trinajstić information content (AvgIpc) is 3.11. The third-order valence-corrected chi connectivity index (χ3v) is 3.41. The molecule has 2 aromatic rings. The van der Waals surface area contributed by atoms with Crippen molar-refractivity contribution in [2.24, 2.45) is 7.05 Å². The molecule has 0 spiro atoms. The van der Waals surface area contributed by atoms with Gasteiger partial charge in [0.1, 0.15) is 18.2 Å². The van der Waals surface area contributed by atoms with Gasteiger partial charge in [-0.15, -0.1) is 0 Å². The molecule has 0 bridgehead atoms. The van der Waals surface area contributed by atoms with E-state index in [0.717, 1.165) is 29.6 Å².